The molecule has 2 aliphatic heterocycles. The summed E-state index contributed by atoms with van der Waals surface area (Å²) in [5.74, 6) is 1.94. The molecule has 134 valence electrons. The van der Waals surface area contributed by atoms with Gasteiger partial charge in [-0.3, -0.25) is 0 Å². The number of morpholine rings is 1. The van der Waals surface area contributed by atoms with Gasteiger partial charge in [-0.25, -0.2) is 18.1 Å². The van der Waals surface area contributed by atoms with E-state index in [4.69, 9.17) is 9.72 Å². The molecule has 0 spiro atoms. The molecule has 0 aliphatic carbocycles. The number of nitrogens with one attached hydrogen (secondary N) is 1. The minimum atomic E-state index is -3.15. The summed E-state index contributed by atoms with van der Waals surface area (Å²) in [7, 11) is -3.15. The number of anilines is 2. The van der Waals surface area contributed by atoms with Gasteiger partial charge in [0.1, 0.15) is 5.82 Å². The van der Waals surface area contributed by atoms with Crippen LogP contribution in [0, 0.1) is 5.92 Å². The fraction of sp³-hybridized carbons (Fsp3) is 0.733. The molecule has 9 heteroatoms. The summed E-state index contributed by atoms with van der Waals surface area (Å²) in [5.41, 5.74) is 0. The van der Waals surface area contributed by atoms with Crippen molar-refractivity contribution in [3.8, 4) is 0 Å². The average Bonchev–Trinajstić information content (AvgIpc) is 2.61. The molecule has 8 nitrogen and oxygen atoms in total. The number of ether oxygens (including phenoxy) is 1. The van der Waals surface area contributed by atoms with Crippen LogP contribution in [-0.2, 0) is 14.8 Å². The van der Waals surface area contributed by atoms with E-state index in [0.29, 0.717) is 6.54 Å². The predicted octanol–water partition coefficient (Wildman–Crippen LogP) is 0.0788. The molecule has 1 unspecified atom stereocenters. The zero-order chi connectivity index (χ0) is 17.0. The van der Waals surface area contributed by atoms with Crippen LogP contribution in [-0.4, -0.2) is 70.6 Å². The highest BCUT2D eigenvalue weighted by Gasteiger charge is 2.23. The molecule has 1 N–H and O–H groups in total. The first kappa shape index (κ1) is 17.4. The van der Waals surface area contributed by atoms with Gasteiger partial charge < -0.3 is 14.5 Å². The third kappa shape index (κ3) is 4.78. The number of nitrogens with zero attached hydrogens (tertiary/aromatic N) is 4. The number of hydrogen-bond donors (Lipinski definition) is 1. The highest BCUT2D eigenvalue weighted by Crippen LogP contribution is 2.22. The fourth-order valence-electron chi connectivity index (χ4n) is 3.14. The average molecular weight is 355 g/mol. The Kier molecular flexibility index (Phi) is 5.52. The minimum absolute atomic E-state index is 0.282. The molecule has 3 heterocycles. The van der Waals surface area contributed by atoms with Gasteiger partial charge in [-0.2, -0.15) is 4.98 Å². The smallest absolute Gasteiger partial charge is 0.227 e. The Morgan fingerprint density at radius 1 is 1.29 bits per heavy atom. The molecular weight excluding hydrogens is 330 g/mol. The maximum atomic E-state index is 11.3. The van der Waals surface area contributed by atoms with Crippen LogP contribution in [0.5, 0.6) is 0 Å². The topological polar surface area (TPSA) is 87.7 Å². The lowest BCUT2D eigenvalue weighted by Crippen LogP contribution is -2.42. The van der Waals surface area contributed by atoms with Crippen molar-refractivity contribution in [2.45, 2.75) is 12.8 Å². The number of sulfonamides is 1. The van der Waals surface area contributed by atoms with Crippen molar-refractivity contribution >= 4 is 21.8 Å². The fourth-order valence-corrected chi connectivity index (χ4v) is 3.68. The van der Waals surface area contributed by atoms with Gasteiger partial charge in [-0.05, 0) is 24.8 Å². The van der Waals surface area contributed by atoms with Crippen molar-refractivity contribution in [1.29, 1.82) is 0 Å². The molecule has 0 bridgehead atoms. The Morgan fingerprint density at radius 3 is 2.83 bits per heavy atom. The standard InChI is InChI=1S/C15H25N5O3S/c1-24(21,22)17-11-13-3-2-6-20(12-13)15-16-5-4-14(18-15)19-7-9-23-10-8-19/h4-5,13,17H,2-3,6-12H2,1H3. The highest BCUT2D eigenvalue weighted by molar-refractivity contribution is 7.88. The normalized spacial score (nSPS) is 22.6. The third-order valence-corrected chi connectivity index (χ3v) is 5.09. The Bertz CT molecular complexity index is 648. The van der Waals surface area contributed by atoms with Gasteiger partial charge in [0, 0.05) is 38.9 Å². The van der Waals surface area contributed by atoms with Gasteiger partial charge in [-0.15, -0.1) is 0 Å². The van der Waals surface area contributed by atoms with E-state index in [-0.39, 0.29) is 5.92 Å². The monoisotopic (exact) mass is 355 g/mol. The molecule has 1 aromatic rings. The molecule has 2 fully saturated rings. The lowest BCUT2D eigenvalue weighted by molar-refractivity contribution is 0.122. The molecule has 1 atom stereocenters. The summed E-state index contributed by atoms with van der Waals surface area (Å²) < 4.78 is 30.6. The van der Waals surface area contributed by atoms with Gasteiger partial charge in [0.05, 0.1) is 19.5 Å². The van der Waals surface area contributed by atoms with Crippen molar-refractivity contribution in [3.63, 3.8) is 0 Å². The summed E-state index contributed by atoms with van der Waals surface area (Å²) in [6.07, 6.45) is 5.03. The molecule has 2 aliphatic rings. The van der Waals surface area contributed by atoms with Crippen LogP contribution in [0.4, 0.5) is 11.8 Å². The van der Waals surface area contributed by atoms with Gasteiger partial charge in [0.25, 0.3) is 0 Å². The SMILES string of the molecule is CS(=O)(=O)NCC1CCCN(c2nccc(N3CCOCC3)n2)C1. The summed E-state index contributed by atoms with van der Waals surface area (Å²) in [6, 6.07) is 1.93. The van der Waals surface area contributed by atoms with Crippen LogP contribution in [0.25, 0.3) is 0 Å². The zero-order valence-electron chi connectivity index (χ0n) is 14.0. The largest absolute Gasteiger partial charge is 0.378 e. The van der Waals surface area contributed by atoms with Crippen molar-refractivity contribution < 1.29 is 13.2 Å². The van der Waals surface area contributed by atoms with Crippen LogP contribution >= 0.6 is 0 Å². The van der Waals surface area contributed by atoms with Crippen LogP contribution < -0.4 is 14.5 Å². The Labute approximate surface area is 143 Å². The molecule has 2 saturated heterocycles. The number of rotatable bonds is 5. The van der Waals surface area contributed by atoms with Crippen molar-refractivity contribution in [2.75, 3.05) is 62.0 Å². The number of hydrogen-bond acceptors (Lipinski definition) is 7. The molecule has 3 rings (SSSR count). The van der Waals surface area contributed by atoms with E-state index >= 15 is 0 Å². The summed E-state index contributed by atoms with van der Waals surface area (Å²) in [5, 5.41) is 0. The summed E-state index contributed by atoms with van der Waals surface area (Å²) >= 11 is 0. The van der Waals surface area contributed by atoms with Crippen LogP contribution in [0.3, 0.4) is 0 Å². The van der Waals surface area contributed by atoms with Crippen molar-refractivity contribution in [2.24, 2.45) is 5.92 Å². The number of piperidine rings is 1. The Balaban J connectivity index is 1.64. The van der Waals surface area contributed by atoms with Crippen molar-refractivity contribution in [1.82, 2.24) is 14.7 Å². The maximum absolute atomic E-state index is 11.3. The van der Waals surface area contributed by atoms with Gasteiger partial charge >= 0.3 is 0 Å². The summed E-state index contributed by atoms with van der Waals surface area (Å²) in [6.45, 7) is 5.29. The lowest BCUT2D eigenvalue weighted by Gasteiger charge is -2.33. The van der Waals surface area contributed by atoms with E-state index < -0.39 is 10.0 Å². The lowest BCUT2D eigenvalue weighted by atomic mass is 9.99. The molecule has 24 heavy (non-hydrogen) atoms. The molecule has 0 aromatic carbocycles. The van der Waals surface area contributed by atoms with E-state index in [2.05, 4.69) is 19.5 Å². The predicted molar refractivity (Wildman–Crippen MR) is 92.8 cm³/mol. The van der Waals surface area contributed by atoms with Crippen LogP contribution in [0.2, 0.25) is 0 Å². The van der Waals surface area contributed by atoms with E-state index in [1.54, 1.807) is 6.20 Å². The maximum Gasteiger partial charge on any atom is 0.227 e. The summed E-state index contributed by atoms with van der Waals surface area (Å²) in [4.78, 5) is 13.5. The zero-order valence-corrected chi connectivity index (χ0v) is 14.8. The van der Waals surface area contributed by atoms with E-state index in [0.717, 1.165) is 64.0 Å². The molecule has 0 radical (unpaired) electrons. The van der Waals surface area contributed by atoms with E-state index in [1.165, 1.54) is 6.26 Å². The Morgan fingerprint density at radius 2 is 2.08 bits per heavy atom. The number of aromatic nitrogens is 2. The second-order valence-electron chi connectivity index (χ2n) is 6.39. The van der Waals surface area contributed by atoms with Gasteiger partial charge in [0.15, 0.2) is 0 Å². The first-order valence-electron chi connectivity index (χ1n) is 8.36. The first-order chi connectivity index (χ1) is 11.5. The molecular formula is C15H25N5O3S. The van der Waals surface area contributed by atoms with Gasteiger partial charge in [0.2, 0.25) is 16.0 Å². The second kappa shape index (κ2) is 7.62. The van der Waals surface area contributed by atoms with Crippen LogP contribution in [0.1, 0.15) is 12.8 Å². The van der Waals surface area contributed by atoms with Crippen molar-refractivity contribution in [3.05, 3.63) is 12.3 Å². The minimum Gasteiger partial charge on any atom is -0.378 e. The first-order valence-corrected chi connectivity index (χ1v) is 10.3. The van der Waals surface area contributed by atoms with Crippen LogP contribution in [0.15, 0.2) is 12.3 Å². The highest BCUT2D eigenvalue weighted by atomic mass is 32.2. The van der Waals surface area contributed by atoms with E-state index in [9.17, 15) is 8.42 Å². The Hall–Kier alpha value is -1.45. The third-order valence-electron chi connectivity index (χ3n) is 4.40. The quantitative estimate of drug-likeness (QED) is 0.800. The molecule has 1 aromatic heterocycles. The second-order valence-corrected chi connectivity index (χ2v) is 8.22. The molecule has 0 amide bonds. The van der Waals surface area contributed by atoms with Gasteiger partial charge in [-0.1, -0.05) is 0 Å². The van der Waals surface area contributed by atoms with E-state index in [1.807, 2.05) is 6.07 Å². The molecule has 0 saturated carbocycles.